The highest BCUT2D eigenvalue weighted by atomic mass is 16.5. The van der Waals surface area contributed by atoms with E-state index in [2.05, 4.69) is 11.4 Å². The number of nitrogens with one attached hydrogen (secondary N) is 1. The van der Waals surface area contributed by atoms with E-state index < -0.39 is 0 Å². The summed E-state index contributed by atoms with van der Waals surface area (Å²) in [6.45, 7) is 6.03. The van der Waals surface area contributed by atoms with E-state index in [4.69, 9.17) is 9.47 Å². The van der Waals surface area contributed by atoms with Crippen LogP contribution in [0.4, 0.5) is 5.69 Å². The summed E-state index contributed by atoms with van der Waals surface area (Å²) in [6.07, 6.45) is 2.06. The molecule has 1 amide bonds. The molecule has 4 nitrogen and oxygen atoms in total. The van der Waals surface area contributed by atoms with Crippen molar-refractivity contribution in [3.05, 3.63) is 59.7 Å². The van der Waals surface area contributed by atoms with Crippen molar-refractivity contribution in [3.63, 3.8) is 0 Å². The first kappa shape index (κ1) is 17.6. The van der Waals surface area contributed by atoms with Crippen LogP contribution in [0, 0.1) is 0 Å². The molecule has 0 unspecified atom stereocenters. The van der Waals surface area contributed by atoms with Crippen LogP contribution >= 0.6 is 0 Å². The van der Waals surface area contributed by atoms with Crippen molar-refractivity contribution >= 4 is 17.2 Å². The van der Waals surface area contributed by atoms with Crippen LogP contribution in [0.15, 0.2) is 48.5 Å². The Labute approximate surface area is 143 Å². The van der Waals surface area contributed by atoms with Crippen molar-refractivity contribution in [1.29, 1.82) is 0 Å². The number of methoxy groups -OCH3 is 1. The summed E-state index contributed by atoms with van der Waals surface area (Å²) in [5.41, 5.74) is 3.99. The predicted octanol–water partition coefficient (Wildman–Crippen LogP) is 4.50. The van der Waals surface area contributed by atoms with Gasteiger partial charge in [0, 0.05) is 12.6 Å². The van der Waals surface area contributed by atoms with Crippen LogP contribution in [0.2, 0.25) is 0 Å². The van der Waals surface area contributed by atoms with Crippen LogP contribution < -0.4 is 14.8 Å². The summed E-state index contributed by atoms with van der Waals surface area (Å²) in [5, 5.41) is 2.77. The molecular formula is C20H23NO3. The summed E-state index contributed by atoms with van der Waals surface area (Å²) in [6, 6.07) is 13.7. The van der Waals surface area contributed by atoms with Crippen LogP contribution in [0.5, 0.6) is 11.5 Å². The summed E-state index contributed by atoms with van der Waals surface area (Å²) >= 11 is 0. The molecule has 0 aliphatic carbocycles. The number of carbonyl (C=O) groups excluding carboxylic acids is 1. The van der Waals surface area contributed by atoms with Gasteiger partial charge in [-0.15, -0.1) is 0 Å². The number of anilines is 1. The molecule has 2 rings (SSSR count). The molecule has 0 spiro atoms. The van der Waals surface area contributed by atoms with Crippen molar-refractivity contribution in [2.75, 3.05) is 19.0 Å². The minimum atomic E-state index is -0.0782. The molecule has 126 valence electrons. The summed E-state index contributed by atoms with van der Waals surface area (Å²) in [5.74, 6) is 1.37. The zero-order valence-electron chi connectivity index (χ0n) is 14.6. The monoisotopic (exact) mass is 325 g/mol. The van der Waals surface area contributed by atoms with E-state index in [1.165, 1.54) is 6.92 Å². The van der Waals surface area contributed by atoms with Gasteiger partial charge < -0.3 is 14.8 Å². The summed E-state index contributed by atoms with van der Waals surface area (Å²) in [4.78, 5) is 11.1. The van der Waals surface area contributed by atoms with Crippen LogP contribution in [0.1, 0.15) is 31.9 Å². The predicted molar refractivity (Wildman–Crippen MR) is 97.7 cm³/mol. The minimum absolute atomic E-state index is 0.0782. The van der Waals surface area contributed by atoms with Crippen LogP contribution in [-0.2, 0) is 4.79 Å². The second kappa shape index (κ2) is 8.20. The maximum Gasteiger partial charge on any atom is 0.221 e. The number of rotatable bonds is 6. The van der Waals surface area contributed by atoms with E-state index in [9.17, 15) is 4.79 Å². The Morgan fingerprint density at radius 3 is 2.29 bits per heavy atom. The highest BCUT2D eigenvalue weighted by Crippen LogP contribution is 2.33. The fourth-order valence-corrected chi connectivity index (χ4v) is 2.55. The lowest BCUT2D eigenvalue weighted by atomic mass is 9.97. The standard InChI is InChI=1S/C20H23NO3/c1-5-18(15-7-10-17(11-8-15)21-14(3)22)16-9-12-19(23-4)20(13-16)24-6-2/h5,7-13H,6H2,1-4H3,(H,21,22). The Balaban J connectivity index is 2.34. The van der Waals surface area contributed by atoms with Crippen molar-refractivity contribution in [2.45, 2.75) is 20.8 Å². The van der Waals surface area contributed by atoms with Gasteiger partial charge in [0.05, 0.1) is 13.7 Å². The first-order chi connectivity index (χ1) is 11.6. The maximum atomic E-state index is 11.1. The lowest BCUT2D eigenvalue weighted by Gasteiger charge is -2.14. The molecule has 0 fully saturated rings. The van der Waals surface area contributed by atoms with E-state index in [-0.39, 0.29) is 5.91 Å². The van der Waals surface area contributed by atoms with Crippen LogP contribution in [0.3, 0.4) is 0 Å². The first-order valence-corrected chi connectivity index (χ1v) is 7.94. The molecule has 4 heteroatoms. The molecule has 0 saturated carbocycles. The molecule has 0 saturated heterocycles. The van der Waals surface area contributed by atoms with Gasteiger partial charge in [0.15, 0.2) is 11.5 Å². The van der Waals surface area contributed by atoms with Crippen molar-refractivity contribution < 1.29 is 14.3 Å². The fraction of sp³-hybridized carbons (Fsp3) is 0.250. The van der Waals surface area contributed by atoms with Gasteiger partial charge in [-0.2, -0.15) is 0 Å². The number of ether oxygens (including phenoxy) is 2. The first-order valence-electron chi connectivity index (χ1n) is 7.94. The summed E-state index contributed by atoms with van der Waals surface area (Å²) in [7, 11) is 1.63. The molecular weight excluding hydrogens is 302 g/mol. The van der Waals surface area contributed by atoms with Gasteiger partial charge in [-0.3, -0.25) is 4.79 Å². The molecule has 0 aliphatic rings. The quantitative estimate of drug-likeness (QED) is 0.850. The molecule has 0 radical (unpaired) electrons. The Morgan fingerprint density at radius 1 is 1.08 bits per heavy atom. The van der Waals surface area contributed by atoms with Crippen molar-refractivity contribution in [2.24, 2.45) is 0 Å². The Hall–Kier alpha value is -2.75. The van der Waals surface area contributed by atoms with Crippen LogP contribution in [0.25, 0.3) is 5.57 Å². The molecule has 2 aromatic rings. The largest absolute Gasteiger partial charge is 0.493 e. The topological polar surface area (TPSA) is 47.6 Å². The van der Waals surface area contributed by atoms with Gasteiger partial charge in [0.2, 0.25) is 5.91 Å². The molecule has 0 aliphatic heterocycles. The van der Waals surface area contributed by atoms with E-state index in [1.807, 2.05) is 56.3 Å². The van der Waals surface area contributed by atoms with Gasteiger partial charge >= 0.3 is 0 Å². The van der Waals surface area contributed by atoms with E-state index in [0.29, 0.717) is 6.61 Å². The lowest BCUT2D eigenvalue weighted by molar-refractivity contribution is -0.114. The average molecular weight is 325 g/mol. The maximum absolute atomic E-state index is 11.1. The number of hydrogen-bond donors (Lipinski definition) is 1. The van der Waals surface area contributed by atoms with Gasteiger partial charge in [0.25, 0.3) is 0 Å². The third-order valence-electron chi connectivity index (χ3n) is 3.58. The number of carbonyl (C=O) groups is 1. The number of hydrogen-bond acceptors (Lipinski definition) is 3. The highest BCUT2D eigenvalue weighted by Gasteiger charge is 2.10. The third-order valence-corrected chi connectivity index (χ3v) is 3.58. The Kier molecular flexibility index (Phi) is 6.01. The zero-order valence-corrected chi connectivity index (χ0v) is 14.6. The number of amides is 1. The van der Waals surface area contributed by atoms with E-state index in [1.54, 1.807) is 7.11 Å². The third kappa shape index (κ3) is 4.16. The fourth-order valence-electron chi connectivity index (χ4n) is 2.55. The Morgan fingerprint density at radius 2 is 1.75 bits per heavy atom. The lowest BCUT2D eigenvalue weighted by Crippen LogP contribution is -2.05. The average Bonchev–Trinajstić information content (AvgIpc) is 2.57. The molecule has 1 N–H and O–H groups in total. The van der Waals surface area contributed by atoms with E-state index >= 15 is 0 Å². The van der Waals surface area contributed by atoms with Gasteiger partial charge in [-0.1, -0.05) is 24.3 Å². The van der Waals surface area contributed by atoms with Crippen molar-refractivity contribution in [3.8, 4) is 11.5 Å². The van der Waals surface area contributed by atoms with Crippen molar-refractivity contribution in [1.82, 2.24) is 0 Å². The SMILES string of the molecule is CC=C(c1ccc(NC(C)=O)cc1)c1ccc(OC)c(OCC)c1. The molecule has 0 atom stereocenters. The normalized spacial score (nSPS) is 11.1. The van der Waals surface area contributed by atoms with E-state index in [0.717, 1.165) is 33.9 Å². The van der Waals surface area contributed by atoms with Gasteiger partial charge in [-0.25, -0.2) is 0 Å². The second-order valence-corrected chi connectivity index (χ2v) is 5.26. The molecule has 24 heavy (non-hydrogen) atoms. The number of allylic oxidation sites excluding steroid dienone is 1. The molecule has 0 bridgehead atoms. The molecule has 0 heterocycles. The zero-order chi connectivity index (χ0) is 17.5. The van der Waals surface area contributed by atoms with Gasteiger partial charge in [-0.05, 0) is 54.8 Å². The highest BCUT2D eigenvalue weighted by molar-refractivity contribution is 5.89. The summed E-state index contributed by atoms with van der Waals surface area (Å²) < 4.78 is 11.0. The van der Waals surface area contributed by atoms with Gasteiger partial charge in [0.1, 0.15) is 0 Å². The number of benzene rings is 2. The molecule has 0 aromatic heterocycles. The molecule has 2 aromatic carbocycles. The Bertz CT molecular complexity index is 733. The minimum Gasteiger partial charge on any atom is -0.493 e. The smallest absolute Gasteiger partial charge is 0.221 e. The van der Waals surface area contributed by atoms with Crippen LogP contribution in [-0.4, -0.2) is 19.6 Å². The second-order valence-electron chi connectivity index (χ2n) is 5.26.